The fraction of sp³-hybridized carbons (Fsp3) is 0.400. The van der Waals surface area contributed by atoms with E-state index in [0.717, 1.165) is 18.5 Å². The predicted octanol–water partition coefficient (Wildman–Crippen LogP) is 2.50. The highest BCUT2D eigenvalue weighted by atomic mass is 35.5. The predicted molar refractivity (Wildman–Crippen MR) is 85.1 cm³/mol. The van der Waals surface area contributed by atoms with Gasteiger partial charge in [-0.05, 0) is 13.0 Å². The number of hydrogen-bond acceptors (Lipinski definition) is 5. The maximum atomic E-state index is 10.8. The number of benzene rings is 1. The smallest absolute Gasteiger partial charge is 0.317 e. The van der Waals surface area contributed by atoms with Crippen molar-refractivity contribution >= 4 is 18.4 Å². The maximum absolute atomic E-state index is 10.8. The molecule has 0 saturated carbocycles. The molecule has 0 amide bonds. The summed E-state index contributed by atoms with van der Waals surface area (Å²) in [6.07, 6.45) is 1.46. The van der Waals surface area contributed by atoms with Gasteiger partial charge < -0.3 is 9.63 Å². The Kier molecular flexibility index (Phi) is 7.56. The Labute approximate surface area is 135 Å². The van der Waals surface area contributed by atoms with Crippen LogP contribution in [0.2, 0.25) is 0 Å². The molecule has 0 bridgehead atoms. The molecule has 0 unspecified atom stereocenters. The van der Waals surface area contributed by atoms with Gasteiger partial charge in [0.2, 0.25) is 11.7 Å². The third kappa shape index (κ3) is 5.46. The molecule has 0 fully saturated rings. The second-order valence-corrected chi connectivity index (χ2v) is 4.80. The lowest BCUT2D eigenvalue weighted by molar-refractivity contribution is -0.138. The summed E-state index contributed by atoms with van der Waals surface area (Å²) in [5, 5.41) is 12.8. The lowest BCUT2D eigenvalue weighted by Crippen LogP contribution is -2.32. The topological polar surface area (TPSA) is 79.5 Å². The van der Waals surface area contributed by atoms with E-state index in [9.17, 15) is 4.79 Å². The molecule has 0 atom stereocenters. The largest absolute Gasteiger partial charge is 0.480 e. The lowest BCUT2D eigenvalue weighted by Gasteiger charge is -2.17. The van der Waals surface area contributed by atoms with Gasteiger partial charge in [-0.3, -0.25) is 9.69 Å². The third-order valence-electron chi connectivity index (χ3n) is 3.04. The van der Waals surface area contributed by atoms with E-state index in [1.807, 2.05) is 42.2 Å². The van der Waals surface area contributed by atoms with Crippen molar-refractivity contribution in [1.82, 2.24) is 15.0 Å². The van der Waals surface area contributed by atoms with Crippen LogP contribution in [-0.2, 0) is 11.2 Å². The number of rotatable bonds is 8. The number of halogens is 1. The molecule has 22 heavy (non-hydrogen) atoms. The molecule has 0 aliphatic carbocycles. The van der Waals surface area contributed by atoms with E-state index < -0.39 is 5.97 Å². The van der Waals surface area contributed by atoms with Crippen molar-refractivity contribution in [2.75, 3.05) is 19.6 Å². The highest BCUT2D eigenvalue weighted by molar-refractivity contribution is 5.85. The minimum Gasteiger partial charge on any atom is -0.480 e. The van der Waals surface area contributed by atoms with Gasteiger partial charge in [-0.25, -0.2) is 0 Å². The zero-order valence-corrected chi connectivity index (χ0v) is 13.3. The zero-order chi connectivity index (χ0) is 15.1. The van der Waals surface area contributed by atoms with Gasteiger partial charge >= 0.3 is 5.97 Å². The van der Waals surface area contributed by atoms with E-state index in [-0.39, 0.29) is 19.0 Å². The summed E-state index contributed by atoms with van der Waals surface area (Å²) < 4.78 is 5.22. The Morgan fingerprint density at radius 3 is 2.64 bits per heavy atom. The second-order valence-electron chi connectivity index (χ2n) is 4.80. The Morgan fingerprint density at radius 2 is 2.00 bits per heavy atom. The molecule has 2 rings (SSSR count). The number of aliphatic carboxylic acids is 1. The van der Waals surface area contributed by atoms with Crippen molar-refractivity contribution < 1.29 is 14.4 Å². The van der Waals surface area contributed by atoms with Crippen LogP contribution in [0.3, 0.4) is 0 Å². The average Bonchev–Trinajstić information content (AvgIpc) is 2.94. The third-order valence-corrected chi connectivity index (χ3v) is 3.04. The van der Waals surface area contributed by atoms with Crippen molar-refractivity contribution in [3.05, 3.63) is 36.2 Å². The summed E-state index contributed by atoms with van der Waals surface area (Å²) in [5.41, 5.74) is 0.906. The number of aromatic nitrogens is 2. The van der Waals surface area contributed by atoms with E-state index in [1.54, 1.807) is 0 Å². The lowest BCUT2D eigenvalue weighted by atomic mass is 10.2. The standard InChI is InChI=1S/C15H19N3O3.ClH/c1-2-9-18(11-14(19)20)10-8-13-16-15(17-21-13)12-6-4-3-5-7-12;/h3-7H,2,8-11H2,1H3,(H,19,20);1H. The van der Waals surface area contributed by atoms with Crippen LogP contribution in [0.4, 0.5) is 0 Å². The van der Waals surface area contributed by atoms with Crippen molar-refractivity contribution in [2.45, 2.75) is 19.8 Å². The molecule has 7 heteroatoms. The molecule has 0 aliphatic heterocycles. The van der Waals surface area contributed by atoms with Crippen LogP contribution in [0.25, 0.3) is 11.4 Å². The molecule has 1 aromatic heterocycles. The van der Waals surface area contributed by atoms with Crippen molar-refractivity contribution in [1.29, 1.82) is 0 Å². The van der Waals surface area contributed by atoms with Crippen LogP contribution in [-0.4, -0.2) is 45.8 Å². The molecule has 1 N–H and O–H groups in total. The van der Waals surface area contributed by atoms with Crippen LogP contribution in [0.15, 0.2) is 34.9 Å². The summed E-state index contributed by atoms with van der Waals surface area (Å²) >= 11 is 0. The zero-order valence-electron chi connectivity index (χ0n) is 12.4. The molecule has 120 valence electrons. The SMILES string of the molecule is CCCN(CCc1nc(-c2ccccc2)no1)CC(=O)O.Cl. The molecule has 2 aromatic rings. The van der Waals surface area contributed by atoms with Crippen molar-refractivity contribution in [3.63, 3.8) is 0 Å². The van der Waals surface area contributed by atoms with Gasteiger partial charge in [-0.15, -0.1) is 12.4 Å². The summed E-state index contributed by atoms with van der Waals surface area (Å²) in [5.74, 6) is 0.269. The normalized spacial score (nSPS) is 10.5. The molecular formula is C15H20ClN3O3. The first-order chi connectivity index (χ1) is 10.2. The van der Waals surface area contributed by atoms with E-state index in [1.165, 1.54) is 0 Å². The fourth-order valence-corrected chi connectivity index (χ4v) is 2.09. The molecular weight excluding hydrogens is 306 g/mol. The first kappa shape index (κ1) is 18.1. The number of hydrogen-bond donors (Lipinski definition) is 1. The van der Waals surface area contributed by atoms with Crippen LogP contribution in [0.5, 0.6) is 0 Å². The maximum Gasteiger partial charge on any atom is 0.317 e. The van der Waals surface area contributed by atoms with E-state index >= 15 is 0 Å². The van der Waals surface area contributed by atoms with Crippen LogP contribution in [0, 0.1) is 0 Å². The Bertz CT molecular complexity index is 574. The number of carboxylic acids is 1. The van der Waals surface area contributed by atoms with Gasteiger partial charge in [0.25, 0.3) is 0 Å². The minimum absolute atomic E-state index is 0. The number of nitrogens with zero attached hydrogens (tertiary/aromatic N) is 3. The second kappa shape index (κ2) is 9.17. The van der Waals surface area contributed by atoms with E-state index in [4.69, 9.17) is 9.63 Å². The van der Waals surface area contributed by atoms with Gasteiger partial charge in [-0.2, -0.15) is 4.98 Å². The van der Waals surface area contributed by atoms with E-state index in [0.29, 0.717) is 24.7 Å². The van der Waals surface area contributed by atoms with Gasteiger partial charge in [-0.1, -0.05) is 42.4 Å². The van der Waals surface area contributed by atoms with Crippen LogP contribution >= 0.6 is 12.4 Å². The van der Waals surface area contributed by atoms with Gasteiger partial charge in [0, 0.05) is 18.5 Å². The fourth-order valence-electron chi connectivity index (χ4n) is 2.09. The minimum atomic E-state index is -0.820. The molecule has 0 radical (unpaired) electrons. The van der Waals surface area contributed by atoms with E-state index in [2.05, 4.69) is 10.1 Å². The van der Waals surface area contributed by atoms with Crippen molar-refractivity contribution in [2.24, 2.45) is 0 Å². The molecule has 6 nitrogen and oxygen atoms in total. The first-order valence-corrected chi connectivity index (χ1v) is 7.01. The monoisotopic (exact) mass is 325 g/mol. The Balaban J connectivity index is 0.00000242. The summed E-state index contributed by atoms with van der Waals surface area (Å²) in [4.78, 5) is 17.0. The molecule has 0 aliphatic rings. The molecule has 0 saturated heterocycles. The van der Waals surface area contributed by atoms with Gasteiger partial charge in [0.1, 0.15) is 0 Å². The summed E-state index contributed by atoms with van der Waals surface area (Å²) in [6.45, 7) is 3.39. The molecule has 1 aromatic carbocycles. The highest BCUT2D eigenvalue weighted by Gasteiger charge is 2.12. The summed E-state index contributed by atoms with van der Waals surface area (Å²) in [6, 6.07) is 9.60. The van der Waals surface area contributed by atoms with Crippen LogP contribution < -0.4 is 0 Å². The average molecular weight is 326 g/mol. The quantitative estimate of drug-likeness (QED) is 0.803. The Morgan fingerprint density at radius 1 is 1.27 bits per heavy atom. The van der Waals surface area contributed by atoms with Gasteiger partial charge in [0.15, 0.2) is 0 Å². The van der Waals surface area contributed by atoms with Gasteiger partial charge in [0.05, 0.1) is 6.54 Å². The molecule has 1 heterocycles. The summed E-state index contributed by atoms with van der Waals surface area (Å²) in [7, 11) is 0. The number of carbonyl (C=O) groups is 1. The Hall–Kier alpha value is -1.92. The highest BCUT2D eigenvalue weighted by Crippen LogP contribution is 2.15. The first-order valence-electron chi connectivity index (χ1n) is 7.01. The number of carboxylic acid groups (broad SMARTS) is 1. The van der Waals surface area contributed by atoms with Crippen LogP contribution in [0.1, 0.15) is 19.2 Å². The molecule has 0 spiro atoms. The van der Waals surface area contributed by atoms with Crippen molar-refractivity contribution in [3.8, 4) is 11.4 Å².